The molecule has 0 aliphatic carbocycles. The van der Waals surface area contributed by atoms with Gasteiger partial charge in [0.2, 0.25) is 0 Å². The van der Waals surface area contributed by atoms with Gasteiger partial charge in [-0.25, -0.2) is 4.98 Å². The zero-order valence-corrected chi connectivity index (χ0v) is 12.9. The van der Waals surface area contributed by atoms with E-state index in [0.29, 0.717) is 10.7 Å². The minimum absolute atomic E-state index is 0.0214. The lowest BCUT2D eigenvalue weighted by Crippen LogP contribution is -2.41. The van der Waals surface area contributed by atoms with Crippen LogP contribution >= 0.6 is 23.4 Å². The summed E-state index contributed by atoms with van der Waals surface area (Å²) in [7, 11) is 0. The van der Waals surface area contributed by atoms with Gasteiger partial charge in [0, 0.05) is 22.5 Å². The summed E-state index contributed by atoms with van der Waals surface area (Å²) >= 11 is 7.41. The summed E-state index contributed by atoms with van der Waals surface area (Å²) in [5.74, 6) is -0.195. The van der Waals surface area contributed by atoms with Gasteiger partial charge in [-0.3, -0.25) is 4.79 Å². The largest absolute Gasteiger partial charge is 0.395 e. The zero-order valence-electron chi connectivity index (χ0n) is 11.3. The number of aromatic nitrogens is 1. The third-order valence-corrected chi connectivity index (χ3v) is 4.23. The molecule has 0 saturated heterocycles. The van der Waals surface area contributed by atoms with Crippen LogP contribution in [0.4, 0.5) is 0 Å². The van der Waals surface area contributed by atoms with Crippen molar-refractivity contribution >= 4 is 29.3 Å². The average molecular weight is 303 g/mol. The van der Waals surface area contributed by atoms with Crippen LogP contribution in [0.3, 0.4) is 0 Å². The van der Waals surface area contributed by atoms with E-state index in [-0.39, 0.29) is 23.8 Å². The number of hydrogen-bond acceptors (Lipinski definition) is 4. The van der Waals surface area contributed by atoms with E-state index in [2.05, 4.69) is 10.3 Å². The van der Waals surface area contributed by atoms with E-state index in [1.165, 1.54) is 11.8 Å². The van der Waals surface area contributed by atoms with Crippen LogP contribution in [0.25, 0.3) is 0 Å². The van der Waals surface area contributed by atoms with Crippen LogP contribution in [0.15, 0.2) is 12.1 Å². The van der Waals surface area contributed by atoms with Gasteiger partial charge in [-0.15, -0.1) is 0 Å². The van der Waals surface area contributed by atoms with Crippen LogP contribution in [0.5, 0.6) is 0 Å². The molecule has 2 atom stereocenters. The molecule has 19 heavy (non-hydrogen) atoms. The molecule has 106 valence electrons. The summed E-state index contributed by atoms with van der Waals surface area (Å²) in [6, 6.07) is 3.17. The molecule has 0 bridgehead atoms. The fourth-order valence-corrected chi connectivity index (χ4v) is 2.53. The minimum atomic E-state index is -0.195. The highest BCUT2D eigenvalue weighted by molar-refractivity contribution is 7.99. The Balaban J connectivity index is 2.80. The molecule has 1 aromatic rings. The number of carbonyl (C=O) groups excluding carboxylic acids is 1. The first-order valence-electron chi connectivity index (χ1n) is 6.12. The Morgan fingerprint density at radius 2 is 2.26 bits per heavy atom. The van der Waals surface area contributed by atoms with Crippen molar-refractivity contribution in [1.29, 1.82) is 0 Å². The molecule has 2 unspecified atom stereocenters. The topological polar surface area (TPSA) is 62.2 Å². The van der Waals surface area contributed by atoms with Crippen molar-refractivity contribution in [2.75, 3.05) is 12.9 Å². The van der Waals surface area contributed by atoms with Gasteiger partial charge in [-0.2, -0.15) is 11.8 Å². The second-order valence-corrected chi connectivity index (χ2v) is 5.71. The number of rotatable bonds is 6. The van der Waals surface area contributed by atoms with Crippen LogP contribution in [-0.4, -0.2) is 40.2 Å². The Morgan fingerprint density at radius 1 is 1.58 bits per heavy atom. The summed E-state index contributed by atoms with van der Waals surface area (Å²) in [5, 5.41) is 12.4. The van der Waals surface area contributed by atoms with E-state index >= 15 is 0 Å². The summed E-state index contributed by atoms with van der Waals surface area (Å²) < 4.78 is 0. The number of aryl methyl sites for hydroxylation is 1. The molecule has 0 spiro atoms. The predicted octanol–water partition coefficient (Wildman–Crippen LogP) is 2.14. The molecule has 1 aromatic heterocycles. The number of nitrogens with one attached hydrogen (secondary N) is 1. The van der Waals surface area contributed by atoms with E-state index in [9.17, 15) is 9.90 Å². The Labute approximate surface area is 123 Å². The zero-order chi connectivity index (χ0) is 14.4. The quantitative estimate of drug-likeness (QED) is 0.790. The normalized spacial score (nSPS) is 13.9. The lowest BCUT2D eigenvalue weighted by Gasteiger charge is -2.21. The summed E-state index contributed by atoms with van der Waals surface area (Å²) in [6.07, 6.45) is 2.63. The Kier molecular flexibility index (Phi) is 6.62. The van der Waals surface area contributed by atoms with E-state index in [4.69, 9.17) is 11.6 Å². The van der Waals surface area contributed by atoms with Gasteiger partial charge >= 0.3 is 0 Å². The molecular weight excluding hydrogens is 284 g/mol. The SMILES string of the molecule is CCc1cc(C(=O)NC(C)C(CO)SC)cc(Cl)n1. The maximum absolute atomic E-state index is 12.1. The molecule has 0 fully saturated rings. The van der Waals surface area contributed by atoms with E-state index in [0.717, 1.165) is 12.1 Å². The number of carbonyl (C=O) groups is 1. The number of nitrogens with zero attached hydrogens (tertiary/aromatic N) is 1. The molecule has 4 nitrogen and oxygen atoms in total. The van der Waals surface area contributed by atoms with Crippen molar-refractivity contribution in [3.63, 3.8) is 0 Å². The summed E-state index contributed by atoms with van der Waals surface area (Å²) in [4.78, 5) is 16.2. The van der Waals surface area contributed by atoms with Crippen LogP contribution in [0, 0.1) is 0 Å². The standard InChI is InChI=1S/C13H19ClN2O2S/c1-4-10-5-9(6-12(14)16-10)13(18)15-8(2)11(7-17)19-3/h5-6,8,11,17H,4,7H2,1-3H3,(H,15,18). The van der Waals surface area contributed by atoms with Crippen molar-refractivity contribution in [3.05, 3.63) is 28.5 Å². The first-order chi connectivity index (χ1) is 9.01. The second kappa shape index (κ2) is 7.72. The number of halogens is 1. The molecular formula is C13H19ClN2O2S. The van der Waals surface area contributed by atoms with Gasteiger partial charge in [-0.1, -0.05) is 18.5 Å². The van der Waals surface area contributed by atoms with E-state index in [1.807, 2.05) is 20.1 Å². The summed E-state index contributed by atoms with van der Waals surface area (Å²) in [6.45, 7) is 3.86. The van der Waals surface area contributed by atoms with E-state index in [1.54, 1.807) is 12.1 Å². The number of amides is 1. The molecule has 1 amide bonds. The lowest BCUT2D eigenvalue weighted by atomic mass is 10.1. The van der Waals surface area contributed by atoms with Crippen molar-refractivity contribution in [2.24, 2.45) is 0 Å². The van der Waals surface area contributed by atoms with Crippen molar-refractivity contribution in [3.8, 4) is 0 Å². The summed E-state index contributed by atoms with van der Waals surface area (Å²) in [5.41, 5.74) is 1.29. The molecule has 0 aliphatic heterocycles. The van der Waals surface area contributed by atoms with Gasteiger partial charge in [0.1, 0.15) is 5.15 Å². The fraction of sp³-hybridized carbons (Fsp3) is 0.538. The maximum atomic E-state index is 12.1. The Bertz CT molecular complexity index is 439. The Morgan fingerprint density at radius 3 is 2.79 bits per heavy atom. The average Bonchev–Trinajstić information content (AvgIpc) is 2.39. The highest BCUT2D eigenvalue weighted by atomic mass is 35.5. The van der Waals surface area contributed by atoms with Crippen LogP contribution < -0.4 is 5.32 Å². The van der Waals surface area contributed by atoms with Gasteiger partial charge in [0.15, 0.2) is 0 Å². The van der Waals surface area contributed by atoms with Gasteiger partial charge < -0.3 is 10.4 Å². The molecule has 0 aromatic carbocycles. The fourth-order valence-electron chi connectivity index (χ4n) is 1.68. The number of pyridine rings is 1. The highest BCUT2D eigenvalue weighted by Crippen LogP contribution is 2.14. The molecule has 0 aliphatic rings. The molecule has 1 rings (SSSR count). The van der Waals surface area contributed by atoms with Gasteiger partial charge in [0.05, 0.1) is 6.61 Å². The second-order valence-electron chi connectivity index (χ2n) is 4.24. The smallest absolute Gasteiger partial charge is 0.251 e. The molecule has 6 heteroatoms. The number of hydrogen-bond donors (Lipinski definition) is 2. The van der Waals surface area contributed by atoms with Crippen LogP contribution in [0.1, 0.15) is 29.9 Å². The van der Waals surface area contributed by atoms with E-state index < -0.39 is 0 Å². The third-order valence-electron chi connectivity index (χ3n) is 2.87. The first-order valence-corrected chi connectivity index (χ1v) is 7.79. The maximum Gasteiger partial charge on any atom is 0.251 e. The predicted molar refractivity (Wildman–Crippen MR) is 79.9 cm³/mol. The Hall–Kier alpha value is -0.780. The van der Waals surface area contributed by atoms with Crippen molar-refractivity contribution in [1.82, 2.24) is 10.3 Å². The highest BCUT2D eigenvalue weighted by Gasteiger charge is 2.18. The van der Waals surface area contributed by atoms with Crippen LogP contribution in [0.2, 0.25) is 5.15 Å². The lowest BCUT2D eigenvalue weighted by molar-refractivity contribution is 0.0935. The number of thioether (sulfide) groups is 1. The molecule has 1 heterocycles. The first kappa shape index (κ1) is 16.3. The van der Waals surface area contributed by atoms with Gasteiger partial charge in [0.25, 0.3) is 5.91 Å². The molecule has 0 radical (unpaired) electrons. The number of aliphatic hydroxyl groups excluding tert-OH is 1. The monoisotopic (exact) mass is 302 g/mol. The van der Waals surface area contributed by atoms with Gasteiger partial charge in [-0.05, 0) is 31.7 Å². The minimum Gasteiger partial charge on any atom is -0.395 e. The van der Waals surface area contributed by atoms with Crippen molar-refractivity contribution in [2.45, 2.75) is 31.6 Å². The third kappa shape index (κ3) is 4.67. The molecule has 2 N–H and O–H groups in total. The van der Waals surface area contributed by atoms with Crippen LogP contribution in [-0.2, 0) is 6.42 Å². The molecule has 0 saturated carbocycles. The van der Waals surface area contributed by atoms with Crippen molar-refractivity contribution < 1.29 is 9.90 Å². The number of aliphatic hydroxyl groups is 1.